The molecule has 2 rings (SSSR count). The SMILES string of the molecule is Cc1c(C(=O)NCCN(C(C)C)C(C)C)cnn1-c1ccccc1F. The van der Waals surface area contributed by atoms with Gasteiger partial charge in [0.25, 0.3) is 5.91 Å². The molecule has 5 nitrogen and oxygen atoms in total. The van der Waals surface area contributed by atoms with E-state index >= 15 is 0 Å². The lowest BCUT2D eigenvalue weighted by Gasteiger charge is -2.30. The summed E-state index contributed by atoms with van der Waals surface area (Å²) < 4.78 is 15.4. The molecule has 0 atom stereocenters. The van der Waals surface area contributed by atoms with Crippen molar-refractivity contribution in [1.29, 1.82) is 0 Å². The van der Waals surface area contributed by atoms with Crippen molar-refractivity contribution in [3.63, 3.8) is 0 Å². The lowest BCUT2D eigenvalue weighted by atomic mass is 10.2. The van der Waals surface area contributed by atoms with Crippen LogP contribution in [0.3, 0.4) is 0 Å². The minimum atomic E-state index is -0.370. The van der Waals surface area contributed by atoms with Gasteiger partial charge in [-0.25, -0.2) is 9.07 Å². The van der Waals surface area contributed by atoms with Crippen LogP contribution >= 0.6 is 0 Å². The smallest absolute Gasteiger partial charge is 0.254 e. The molecular formula is C19H27FN4O. The normalized spacial score (nSPS) is 11.6. The zero-order valence-corrected chi connectivity index (χ0v) is 15.6. The fourth-order valence-electron chi connectivity index (χ4n) is 3.01. The maximum atomic E-state index is 13.9. The Hall–Kier alpha value is -2.21. The van der Waals surface area contributed by atoms with Crippen LogP contribution in [0, 0.1) is 12.7 Å². The molecule has 0 fully saturated rings. The molecule has 2 aromatic rings. The van der Waals surface area contributed by atoms with E-state index in [0.29, 0.717) is 35.6 Å². The van der Waals surface area contributed by atoms with Gasteiger partial charge in [-0.05, 0) is 46.8 Å². The molecule has 6 heteroatoms. The van der Waals surface area contributed by atoms with Gasteiger partial charge in [-0.15, -0.1) is 0 Å². The summed E-state index contributed by atoms with van der Waals surface area (Å²) in [6.07, 6.45) is 1.49. The standard InChI is InChI=1S/C19H27FN4O/c1-13(2)23(14(3)4)11-10-21-19(25)16-12-22-24(15(16)5)18-9-7-6-8-17(18)20/h6-9,12-14H,10-11H2,1-5H3,(H,21,25). The molecule has 0 spiro atoms. The summed E-state index contributed by atoms with van der Waals surface area (Å²) in [5.74, 6) is -0.558. The number of benzene rings is 1. The van der Waals surface area contributed by atoms with Gasteiger partial charge < -0.3 is 5.32 Å². The molecule has 1 heterocycles. The Morgan fingerprint density at radius 3 is 2.48 bits per heavy atom. The third-order valence-corrected chi connectivity index (χ3v) is 4.32. The van der Waals surface area contributed by atoms with Crippen LogP contribution in [0.2, 0.25) is 0 Å². The van der Waals surface area contributed by atoms with E-state index in [1.165, 1.54) is 16.9 Å². The van der Waals surface area contributed by atoms with Crippen LogP contribution in [-0.2, 0) is 0 Å². The summed E-state index contributed by atoms with van der Waals surface area (Å²) in [6.45, 7) is 11.7. The molecule has 0 aliphatic carbocycles. The molecular weight excluding hydrogens is 319 g/mol. The van der Waals surface area contributed by atoms with E-state index in [2.05, 4.69) is 43.0 Å². The van der Waals surface area contributed by atoms with Gasteiger partial charge >= 0.3 is 0 Å². The van der Waals surface area contributed by atoms with Crippen molar-refractivity contribution in [2.45, 2.75) is 46.7 Å². The molecule has 0 aliphatic rings. The third kappa shape index (κ3) is 4.45. The molecule has 1 aromatic heterocycles. The molecule has 0 radical (unpaired) electrons. The van der Waals surface area contributed by atoms with E-state index in [9.17, 15) is 9.18 Å². The highest BCUT2D eigenvalue weighted by atomic mass is 19.1. The Kier molecular flexibility index (Phi) is 6.31. The van der Waals surface area contributed by atoms with Crippen LogP contribution in [0.4, 0.5) is 4.39 Å². The number of amides is 1. The highest BCUT2D eigenvalue weighted by Gasteiger charge is 2.18. The quantitative estimate of drug-likeness (QED) is 0.838. The maximum absolute atomic E-state index is 13.9. The predicted octanol–water partition coefficient (Wildman–Crippen LogP) is 3.17. The number of para-hydroxylation sites is 1. The highest BCUT2D eigenvalue weighted by Crippen LogP contribution is 2.17. The van der Waals surface area contributed by atoms with Crippen LogP contribution in [0.25, 0.3) is 5.69 Å². The number of hydrogen-bond acceptors (Lipinski definition) is 3. The summed E-state index contributed by atoms with van der Waals surface area (Å²) >= 11 is 0. The van der Waals surface area contributed by atoms with Crippen molar-refractivity contribution in [3.05, 3.63) is 47.5 Å². The van der Waals surface area contributed by atoms with E-state index in [1.807, 2.05) is 0 Å². The van der Waals surface area contributed by atoms with Gasteiger partial charge in [-0.3, -0.25) is 9.69 Å². The van der Waals surface area contributed by atoms with E-state index in [-0.39, 0.29) is 11.7 Å². The Bertz CT molecular complexity index is 716. The number of nitrogens with zero attached hydrogens (tertiary/aromatic N) is 3. The molecule has 0 aliphatic heterocycles. The van der Waals surface area contributed by atoms with Gasteiger partial charge in [0.2, 0.25) is 0 Å². The van der Waals surface area contributed by atoms with Crippen LogP contribution < -0.4 is 5.32 Å². The summed E-state index contributed by atoms with van der Waals surface area (Å²) in [5.41, 5.74) is 1.42. The van der Waals surface area contributed by atoms with Crippen LogP contribution in [0.1, 0.15) is 43.7 Å². The third-order valence-electron chi connectivity index (χ3n) is 4.32. The number of carbonyl (C=O) groups excluding carboxylic acids is 1. The zero-order chi connectivity index (χ0) is 18.6. The van der Waals surface area contributed by atoms with Crippen molar-refractivity contribution in [3.8, 4) is 5.69 Å². The lowest BCUT2D eigenvalue weighted by Crippen LogP contribution is -2.42. The summed E-state index contributed by atoms with van der Waals surface area (Å²) in [6, 6.07) is 7.22. The number of aromatic nitrogens is 2. The van der Waals surface area contributed by atoms with Crippen molar-refractivity contribution >= 4 is 5.91 Å². The minimum Gasteiger partial charge on any atom is -0.351 e. The molecule has 0 bridgehead atoms. The highest BCUT2D eigenvalue weighted by molar-refractivity contribution is 5.95. The average molecular weight is 346 g/mol. The molecule has 0 saturated heterocycles. The van der Waals surface area contributed by atoms with Crippen molar-refractivity contribution in [2.75, 3.05) is 13.1 Å². The molecule has 136 valence electrons. The summed E-state index contributed by atoms with van der Waals surface area (Å²) in [4.78, 5) is 14.8. The topological polar surface area (TPSA) is 50.2 Å². The maximum Gasteiger partial charge on any atom is 0.254 e. The van der Waals surface area contributed by atoms with Gasteiger partial charge in [0.15, 0.2) is 0 Å². The summed E-state index contributed by atoms with van der Waals surface area (Å²) in [7, 11) is 0. The molecule has 1 aromatic carbocycles. The van der Waals surface area contributed by atoms with Gasteiger partial charge in [0, 0.05) is 25.2 Å². The van der Waals surface area contributed by atoms with Crippen LogP contribution in [-0.4, -0.2) is 45.8 Å². The predicted molar refractivity (Wildman–Crippen MR) is 97.6 cm³/mol. The van der Waals surface area contributed by atoms with E-state index in [0.717, 1.165) is 6.54 Å². The average Bonchev–Trinajstić information content (AvgIpc) is 2.92. The fourth-order valence-corrected chi connectivity index (χ4v) is 3.01. The number of carbonyl (C=O) groups is 1. The molecule has 0 saturated carbocycles. The lowest BCUT2D eigenvalue weighted by molar-refractivity contribution is 0.0938. The van der Waals surface area contributed by atoms with Gasteiger partial charge in [-0.2, -0.15) is 5.10 Å². The van der Waals surface area contributed by atoms with Gasteiger partial charge in [-0.1, -0.05) is 12.1 Å². The van der Waals surface area contributed by atoms with Crippen LogP contribution in [0.15, 0.2) is 30.5 Å². The Labute approximate surface area is 148 Å². The largest absolute Gasteiger partial charge is 0.351 e. The minimum absolute atomic E-state index is 0.187. The van der Waals surface area contributed by atoms with Gasteiger partial charge in [0.1, 0.15) is 11.5 Å². The first-order valence-corrected chi connectivity index (χ1v) is 8.66. The zero-order valence-electron chi connectivity index (χ0n) is 15.6. The first kappa shape index (κ1) is 19.1. The molecule has 1 N–H and O–H groups in total. The monoisotopic (exact) mass is 346 g/mol. The van der Waals surface area contributed by atoms with E-state index in [4.69, 9.17) is 0 Å². The van der Waals surface area contributed by atoms with E-state index < -0.39 is 0 Å². The fraction of sp³-hybridized carbons (Fsp3) is 0.474. The van der Waals surface area contributed by atoms with Crippen molar-refractivity contribution < 1.29 is 9.18 Å². The molecule has 1 amide bonds. The van der Waals surface area contributed by atoms with Gasteiger partial charge in [0.05, 0.1) is 17.5 Å². The summed E-state index contributed by atoms with van der Waals surface area (Å²) in [5, 5.41) is 7.10. The molecule has 0 unspecified atom stereocenters. The van der Waals surface area contributed by atoms with Crippen molar-refractivity contribution in [1.82, 2.24) is 20.0 Å². The second-order valence-electron chi connectivity index (χ2n) is 6.69. The Balaban J connectivity index is 2.05. The molecule has 25 heavy (non-hydrogen) atoms. The van der Waals surface area contributed by atoms with Crippen LogP contribution in [0.5, 0.6) is 0 Å². The van der Waals surface area contributed by atoms with Crippen molar-refractivity contribution in [2.24, 2.45) is 0 Å². The number of nitrogens with one attached hydrogen (secondary N) is 1. The van der Waals surface area contributed by atoms with E-state index in [1.54, 1.807) is 25.1 Å². The second-order valence-corrected chi connectivity index (χ2v) is 6.69. The Morgan fingerprint density at radius 2 is 1.88 bits per heavy atom. The Morgan fingerprint density at radius 1 is 1.24 bits per heavy atom. The number of hydrogen-bond donors (Lipinski definition) is 1. The first-order valence-electron chi connectivity index (χ1n) is 8.66. The first-order chi connectivity index (χ1) is 11.8. The number of rotatable bonds is 7. The second kappa shape index (κ2) is 8.25. The number of halogens is 1.